The second-order valence-electron chi connectivity index (χ2n) is 3.89. The second kappa shape index (κ2) is 9.95. The Morgan fingerprint density at radius 1 is 1.06 bits per heavy atom. The molecule has 0 heterocycles. The molecule has 7 heteroatoms. The molecule has 0 rings (SSSR count). The van der Waals surface area contributed by atoms with Crippen LogP contribution in [0.15, 0.2) is 0 Å². The van der Waals surface area contributed by atoms with E-state index in [-0.39, 0.29) is 0 Å². The van der Waals surface area contributed by atoms with Gasteiger partial charge in [-0.15, -0.1) is 0 Å². The summed E-state index contributed by atoms with van der Waals surface area (Å²) in [4.78, 5) is 0. The van der Waals surface area contributed by atoms with Crippen LogP contribution in [0.3, 0.4) is 0 Å². The summed E-state index contributed by atoms with van der Waals surface area (Å²) in [5.74, 6) is 0. The van der Waals surface area contributed by atoms with Crippen molar-refractivity contribution in [3.8, 4) is 0 Å². The Hall–Kier alpha value is -0.0231. The monoisotopic (exact) mass is 265 g/mol. The van der Waals surface area contributed by atoms with E-state index in [0.29, 0.717) is 12.6 Å². The van der Waals surface area contributed by atoms with Crippen LogP contribution in [0.1, 0.15) is 6.92 Å². The lowest BCUT2D eigenvalue weighted by Gasteiger charge is -2.27. The van der Waals surface area contributed by atoms with Gasteiger partial charge in [0.15, 0.2) is 0 Å². The SMILES string of the molecule is CO[Si](CC(C)NCCNCCN)(OC)OC. The molecule has 0 fully saturated rings. The fourth-order valence-corrected chi connectivity index (χ4v) is 3.48. The first-order chi connectivity index (χ1) is 8.14. The highest BCUT2D eigenvalue weighted by atomic mass is 28.4. The van der Waals surface area contributed by atoms with E-state index in [1.165, 1.54) is 0 Å². The van der Waals surface area contributed by atoms with E-state index in [1.54, 1.807) is 21.3 Å². The molecule has 1 unspecified atom stereocenters. The molecule has 4 N–H and O–H groups in total. The van der Waals surface area contributed by atoms with Crippen molar-refractivity contribution in [3.05, 3.63) is 0 Å². The van der Waals surface area contributed by atoms with Crippen LogP contribution < -0.4 is 16.4 Å². The first kappa shape index (κ1) is 17.0. The van der Waals surface area contributed by atoms with Gasteiger partial charge in [0, 0.05) is 59.6 Å². The molecular formula is C10H27N3O3Si. The van der Waals surface area contributed by atoms with Crippen molar-refractivity contribution < 1.29 is 13.3 Å². The van der Waals surface area contributed by atoms with E-state index < -0.39 is 8.80 Å². The Morgan fingerprint density at radius 3 is 2.12 bits per heavy atom. The lowest BCUT2D eigenvalue weighted by atomic mass is 10.4. The first-order valence-electron chi connectivity index (χ1n) is 5.93. The topological polar surface area (TPSA) is 77.8 Å². The van der Waals surface area contributed by atoms with Gasteiger partial charge in [0.25, 0.3) is 0 Å². The van der Waals surface area contributed by atoms with E-state index in [2.05, 4.69) is 17.6 Å². The van der Waals surface area contributed by atoms with Crippen LogP contribution in [-0.2, 0) is 13.3 Å². The molecule has 0 aliphatic rings. The number of rotatable bonds is 11. The molecule has 0 radical (unpaired) electrons. The van der Waals surface area contributed by atoms with Gasteiger partial charge in [0.1, 0.15) is 0 Å². The van der Waals surface area contributed by atoms with E-state index >= 15 is 0 Å². The maximum atomic E-state index is 5.38. The molecule has 0 saturated heterocycles. The van der Waals surface area contributed by atoms with Gasteiger partial charge < -0.3 is 29.6 Å². The normalized spacial score (nSPS) is 13.9. The molecule has 0 aliphatic carbocycles. The summed E-state index contributed by atoms with van der Waals surface area (Å²) in [7, 11) is 2.44. The van der Waals surface area contributed by atoms with Gasteiger partial charge in [-0.1, -0.05) is 0 Å². The molecule has 17 heavy (non-hydrogen) atoms. The lowest BCUT2D eigenvalue weighted by molar-refractivity contribution is 0.120. The first-order valence-corrected chi connectivity index (χ1v) is 7.87. The summed E-state index contributed by atoms with van der Waals surface area (Å²) in [6, 6.07) is 1.05. The molecule has 0 bridgehead atoms. The van der Waals surface area contributed by atoms with Crippen molar-refractivity contribution in [2.24, 2.45) is 5.73 Å². The van der Waals surface area contributed by atoms with E-state index in [9.17, 15) is 0 Å². The van der Waals surface area contributed by atoms with E-state index in [1.807, 2.05) is 0 Å². The van der Waals surface area contributed by atoms with E-state index in [0.717, 1.165) is 25.7 Å². The maximum absolute atomic E-state index is 5.38. The quantitative estimate of drug-likeness (QED) is 0.342. The Kier molecular flexibility index (Phi) is 9.94. The molecule has 0 spiro atoms. The Morgan fingerprint density at radius 2 is 1.65 bits per heavy atom. The lowest BCUT2D eigenvalue weighted by Crippen LogP contribution is -2.48. The van der Waals surface area contributed by atoms with Crippen LogP contribution in [0.5, 0.6) is 0 Å². The zero-order chi connectivity index (χ0) is 13.1. The highest BCUT2D eigenvalue weighted by Crippen LogP contribution is 2.14. The third-order valence-electron chi connectivity index (χ3n) is 2.60. The Labute approximate surface area is 106 Å². The summed E-state index contributed by atoms with van der Waals surface area (Å²) in [5.41, 5.74) is 5.38. The molecule has 0 aliphatic heterocycles. The zero-order valence-corrected chi connectivity index (χ0v) is 12.4. The van der Waals surface area contributed by atoms with Crippen molar-refractivity contribution in [2.45, 2.75) is 19.0 Å². The third-order valence-corrected chi connectivity index (χ3v) is 5.58. The molecule has 6 nitrogen and oxygen atoms in total. The van der Waals surface area contributed by atoms with Gasteiger partial charge in [-0.3, -0.25) is 0 Å². The number of nitrogens with one attached hydrogen (secondary N) is 2. The predicted molar refractivity (Wildman–Crippen MR) is 71.0 cm³/mol. The molecule has 0 saturated carbocycles. The fraction of sp³-hybridized carbons (Fsp3) is 1.00. The number of hydrogen-bond donors (Lipinski definition) is 3. The van der Waals surface area contributed by atoms with Crippen LogP contribution in [0.2, 0.25) is 6.04 Å². The van der Waals surface area contributed by atoms with Crippen molar-refractivity contribution in [2.75, 3.05) is 47.5 Å². The molecule has 104 valence electrons. The maximum Gasteiger partial charge on any atom is 0.501 e. The highest BCUT2D eigenvalue weighted by Gasteiger charge is 2.39. The van der Waals surface area contributed by atoms with Crippen LogP contribution >= 0.6 is 0 Å². The molecule has 1 atom stereocenters. The van der Waals surface area contributed by atoms with Gasteiger partial charge in [0.05, 0.1) is 0 Å². The minimum atomic E-state index is -2.46. The average molecular weight is 265 g/mol. The Balaban J connectivity index is 3.79. The largest absolute Gasteiger partial charge is 0.501 e. The van der Waals surface area contributed by atoms with Crippen LogP contribution in [0, 0.1) is 0 Å². The standard InChI is InChI=1S/C10H27N3O3Si/c1-10(13-8-7-12-6-5-11)9-17(14-2,15-3)16-4/h10,12-13H,5-9,11H2,1-4H3. The number of hydrogen-bond acceptors (Lipinski definition) is 6. The van der Waals surface area contributed by atoms with Crippen molar-refractivity contribution in [1.82, 2.24) is 10.6 Å². The average Bonchev–Trinajstić information content (AvgIpc) is 2.36. The Bertz CT molecular complexity index is 174. The summed E-state index contributed by atoms with van der Waals surface area (Å²) >= 11 is 0. The van der Waals surface area contributed by atoms with Crippen LogP contribution in [0.25, 0.3) is 0 Å². The molecule has 0 aromatic rings. The van der Waals surface area contributed by atoms with Gasteiger partial charge >= 0.3 is 8.80 Å². The second-order valence-corrected chi connectivity index (χ2v) is 6.89. The summed E-state index contributed by atoms with van der Waals surface area (Å²) in [6.07, 6.45) is 0. The van der Waals surface area contributed by atoms with Crippen molar-refractivity contribution in [3.63, 3.8) is 0 Å². The summed E-state index contributed by atoms with van der Waals surface area (Å²) in [5, 5.41) is 6.62. The minimum Gasteiger partial charge on any atom is -0.377 e. The van der Waals surface area contributed by atoms with Gasteiger partial charge in [-0.05, 0) is 6.92 Å². The van der Waals surface area contributed by atoms with Gasteiger partial charge in [-0.25, -0.2) is 0 Å². The van der Waals surface area contributed by atoms with Crippen LogP contribution in [-0.4, -0.2) is 62.4 Å². The van der Waals surface area contributed by atoms with Crippen molar-refractivity contribution >= 4 is 8.80 Å². The molecule has 0 amide bonds. The fourth-order valence-electron chi connectivity index (χ4n) is 1.58. The van der Waals surface area contributed by atoms with Crippen molar-refractivity contribution in [1.29, 1.82) is 0 Å². The zero-order valence-electron chi connectivity index (χ0n) is 11.4. The third kappa shape index (κ3) is 7.09. The predicted octanol–water partition coefficient (Wildman–Crippen LogP) is -0.609. The molecular weight excluding hydrogens is 238 g/mol. The highest BCUT2D eigenvalue weighted by molar-refractivity contribution is 6.60. The van der Waals surface area contributed by atoms with Gasteiger partial charge in [0.2, 0.25) is 0 Å². The van der Waals surface area contributed by atoms with Crippen LogP contribution in [0.4, 0.5) is 0 Å². The molecule has 0 aromatic carbocycles. The summed E-state index contributed by atoms with van der Waals surface area (Å²) < 4.78 is 16.1. The summed E-state index contributed by atoms with van der Waals surface area (Å²) in [6.45, 7) is 5.42. The minimum absolute atomic E-state index is 0.293. The number of nitrogens with two attached hydrogens (primary N) is 1. The smallest absolute Gasteiger partial charge is 0.377 e. The molecule has 0 aromatic heterocycles. The van der Waals surface area contributed by atoms with E-state index in [4.69, 9.17) is 19.0 Å². The van der Waals surface area contributed by atoms with Gasteiger partial charge in [-0.2, -0.15) is 0 Å².